The average Bonchev–Trinajstić information content (AvgIpc) is 2.46. The highest BCUT2D eigenvalue weighted by molar-refractivity contribution is 6.83. The monoisotopic (exact) mass is 359 g/mol. The molecule has 1 saturated carbocycles. The van der Waals surface area contributed by atoms with E-state index in [0.717, 1.165) is 12.8 Å². The van der Waals surface area contributed by atoms with E-state index in [2.05, 4.69) is 24.4 Å². The molecule has 0 aromatic heterocycles. The molecular formula is C14H22F5NO2Si. The van der Waals surface area contributed by atoms with E-state index in [-0.39, 0.29) is 5.54 Å². The smallest absolute Gasteiger partial charge is 0.348 e. The predicted octanol–water partition coefficient (Wildman–Crippen LogP) is 4.02. The first-order valence-electron chi connectivity index (χ1n) is 7.38. The maximum atomic E-state index is 13.8. The molecule has 0 spiro atoms. The van der Waals surface area contributed by atoms with Crippen molar-refractivity contribution in [2.24, 2.45) is 0 Å². The highest BCUT2D eigenvalue weighted by Crippen LogP contribution is 2.39. The van der Waals surface area contributed by atoms with Crippen LogP contribution >= 0.6 is 0 Å². The van der Waals surface area contributed by atoms with Crippen molar-refractivity contribution < 1.29 is 31.5 Å². The third-order valence-electron chi connectivity index (χ3n) is 4.50. The topological polar surface area (TPSA) is 38.3 Å². The lowest BCUT2D eigenvalue weighted by Crippen LogP contribution is -2.58. The van der Waals surface area contributed by atoms with Crippen molar-refractivity contribution in [3.63, 3.8) is 0 Å². The van der Waals surface area contributed by atoms with Gasteiger partial charge < -0.3 is 5.32 Å². The highest BCUT2D eigenvalue weighted by atomic mass is 28.3. The molecule has 0 radical (unpaired) electrons. The third-order valence-corrected chi connectivity index (χ3v) is 8.18. The fraction of sp³-hybridized carbons (Fsp3) is 0.786. The lowest BCUT2D eigenvalue weighted by atomic mass is 9.94. The number of halogens is 5. The molecular weight excluding hydrogens is 337 g/mol. The van der Waals surface area contributed by atoms with Crippen LogP contribution in [-0.4, -0.2) is 38.9 Å². The Labute approximate surface area is 133 Å². The standard InChI is InChI=1S/C14H22F5NO2Si/c1-4-23(2,3)11-7-5-6-10(8-11)20-12(21)13(16,22-9-15)14(17,18)19/h4,10-11H,1,5-9H2,2-3H3,(H,20,21). The molecule has 0 aliphatic heterocycles. The molecule has 1 fully saturated rings. The minimum atomic E-state index is -5.65. The quantitative estimate of drug-likeness (QED) is 0.575. The van der Waals surface area contributed by atoms with Crippen molar-refractivity contribution in [1.29, 1.82) is 0 Å². The van der Waals surface area contributed by atoms with E-state index >= 15 is 0 Å². The van der Waals surface area contributed by atoms with E-state index in [1.807, 2.05) is 11.0 Å². The summed E-state index contributed by atoms with van der Waals surface area (Å²) in [4.78, 5) is 11.7. The first-order chi connectivity index (χ1) is 10.5. The molecule has 9 heteroatoms. The average molecular weight is 359 g/mol. The minimum absolute atomic E-state index is 0.237. The van der Waals surface area contributed by atoms with Crippen LogP contribution in [0.25, 0.3) is 0 Å². The molecule has 3 atom stereocenters. The van der Waals surface area contributed by atoms with Gasteiger partial charge in [-0.1, -0.05) is 25.9 Å². The molecule has 1 amide bonds. The Kier molecular flexibility index (Phi) is 6.37. The van der Waals surface area contributed by atoms with Crippen LogP contribution in [0.15, 0.2) is 12.3 Å². The van der Waals surface area contributed by atoms with Crippen molar-refractivity contribution in [1.82, 2.24) is 5.32 Å². The Balaban J connectivity index is 2.81. The molecule has 0 aromatic carbocycles. The molecule has 1 aliphatic carbocycles. The number of alkyl halides is 5. The summed E-state index contributed by atoms with van der Waals surface area (Å²) in [7, 11) is -1.76. The van der Waals surface area contributed by atoms with Gasteiger partial charge in [0.05, 0.1) is 8.07 Å². The summed E-state index contributed by atoms with van der Waals surface area (Å²) in [5.41, 5.74) is 2.13. The van der Waals surface area contributed by atoms with Gasteiger partial charge in [0.25, 0.3) is 5.91 Å². The summed E-state index contributed by atoms with van der Waals surface area (Å²) in [5.74, 6) is -6.66. The Morgan fingerprint density at radius 2 is 1.96 bits per heavy atom. The Bertz CT molecular complexity index is 443. The molecule has 0 bridgehead atoms. The SMILES string of the molecule is C=C[Si](C)(C)C1CCCC(NC(=O)C(F)(OCF)C(F)(F)F)C1. The maximum absolute atomic E-state index is 13.8. The van der Waals surface area contributed by atoms with E-state index in [9.17, 15) is 26.7 Å². The van der Waals surface area contributed by atoms with Crippen molar-refractivity contribution in [3.05, 3.63) is 12.3 Å². The summed E-state index contributed by atoms with van der Waals surface area (Å²) >= 11 is 0. The summed E-state index contributed by atoms with van der Waals surface area (Å²) in [6, 6.07) is -0.589. The van der Waals surface area contributed by atoms with Gasteiger partial charge >= 0.3 is 12.0 Å². The number of carbonyl (C=O) groups is 1. The third kappa shape index (κ3) is 4.53. The zero-order chi connectivity index (χ0) is 17.9. The largest absolute Gasteiger partial charge is 0.458 e. The van der Waals surface area contributed by atoms with E-state index < -0.39 is 38.9 Å². The molecule has 0 saturated heterocycles. The van der Waals surface area contributed by atoms with Crippen molar-refractivity contribution >= 4 is 14.0 Å². The van der Waals surface area contributed by atoms with E-state index in [4.69, 9.17) is 0 Å². The van der Waals surface area contributed by atoms with Crippen LogP contribution in [0, 0.1) is 0 Å². The van der Waals surface area contributed by atoms with Gasteiger partial charge in [0.15, 0.2) is 6.86 Å². The first-order valence-corrected chi connectivity index (χ1v) is 10.5. The summed E-state index contributed by atoms with van der Waals surface area (Å²) in [5, 5.41) is 2.04. The molecule has 3 nitrogen and oxygen atoms in total. The maximum Gasteiger partial charge on any atom is 0.458 e. The zero-order valence-corrected chi connectivity index (χ0v) is 14.2. The second kappa shape index (κ2) is 7.29. The number of amides is 1. The van der Waals surface area contributed by atoms with Crippen LogP contribution < -0.4 is 5.32 Å². The van der Waals surface area contributed by atoms with Crippen molar-refractivity contribution in [2.45, 2.75) is 62.4 Å². The predicted molar refractivity (Wildman–Crippen MR) is 78.8 cm³/mol. The van der Waals surface area contributed by atoms with E-state index in [1.54, 1.807) is 0 Å². The zero-order valence-electron chi connectivity index (χ0n) is 13.2. The number of rotatable bonds is 6. The van der Waals surface area contributed by atoms with Gasteiger partial charge in [-0.05, 0) is 18.4 Å². The Hall–Kier alpha value is -0.963. The fourth-order valence-corrected chi connectivity index (χ4v) is 4.97. The number of nitrogens with one attached hydrogen (secondary N) is 1. The van der Waals surface area contributed by atoms with Crippen molar-refractivity contribution in [2.75, 3.05) is 6.86 Å². The highest BCUT2D eigenvalue weighted by Gasteiger charge is 2.64. The van der Waals surface area contributed by atoms with Crippen LogP contribution in [0.2, 0.25) is 18.6 Å². The number of hydrogen-bond donors (Lipinski definition) is 1. The van der Waals surface area contributed by atoms with Crippen LogP contribution in [0.5, 0.6) is 0 Å². The molecule has 0 heterocycles. The van der Waals surface area contributed by atoms with Crippen molar-refractivity contribution in [3.8, 4) is 0 Å². The van der Waals surface area contributed by atoms with Crippen LogP contribution in [0.4, 0.5) is 22.0 Å². The van der Waals surface area contributed by atoms with Gasteiger partial charge in [-0.25, -0.2) is 4.39 Å². The summed E-state index contributed by atoms with van der Waals surface area (Å²) < 4.78 is 67.4. The molecule has 0 aromatic rings. The summed E-state index contributed by atoms with van der Waals surface area (Å²) in [6.07, 6.45) is -3.12. The Morgan fingerprint density at radius 1 is 1.35 bits per heavy atom. The Morgan fingerprint density at radius 3 is 2.43 bits per heavy atom. The van der Waals surface area contributed by atoms with Gasteiger partial charge in [-0.2, -0.15) is 17.6 Å². The minimum Gasteiger partial charge on any atom is -0.348 e. The van der Waals surface area contributed by atoms with Crippen LogP contribution in [0.1, 0.15) is 25.7 Å². The fourth-order valence-electron chi connectivity index (χ4n) is 2.79. The number of ether oxygens (including phenoxy) is 1. The van der Waals surface area contributed by atoms with Gasteiger partial charge in [-0.15, -0.1) is 12.3 Å². The molecule has 1 rings (SSSR count). The summed E-state index contributed by atoms with van der Waals surface area (Å²) in [6.45, 7) is 5.90. The lowest BCUT2D eigenvalue weighted by molar-refractivity contribution is -0.323. The second-order valence-corrected chi connectivity index (χ2v) is 11.3. The molecule has 3 unspecified atom stereocenters. The van der Waals surface area contributed by atoms with E-state index in [0.29, 0.717) is 12.8 Å². The number of carbonyl (C=O) groups excluding carboxylic acids is 1. The van der Waals surface area contributed by atoms with E-state index in [1.165, 1.54) is 0 Å². The van der Waals surface area contributed by atoms with Gasteiger partial charge in [0.2, 0.25) is 0 Å². The normalized spacial score (nSPS) is 25.5. The number of hydrogen-bond acceptors (Lipinski definition) is 2. The van der Waals surface area contributed by atoms with Gasteiger partial charge in [0, 0.05) is 6.04 Å². The molecule has 23 heavy (non-hydrogen) atoms. The van der Waals surface area contributed by atoms with Gasteiger partial charge in [-0.3, -0.25) is 9.53 Å². The second-order valence-electron chi connectivity index (χ2n) is 6.41. The lowest BCUT2D eigenvalue weighted by Gasteiger charge is -2.38. The van der Waals surface area contributed by atoms with Crippen LogP contribution in [-0.2, 0) is 9.53 Å². The molecule has 1 aliphatic rings. The van der Waals surface area contributed by atoms with Gasteiger partial charge in [0.1, 0.15) is 0 Å². The first kappa shape index (κ1) is 20.1. The van der Waals surface area contributed by atoms with Crippen LogP contribution in [0.3, 0.4) is 0 Å². The molecule has 134 valence electrons. The molecule has 1 N–H and O–H groups in total.